The number of ketones is 1. The number of rotatable bonds is 5. The van der Waals surface area contributed by atoms with Crippen LogP contribution in [0, 0.1) is 24.0 Å². The van der Waals surface area contributed by atoms with Crippen LogP contribution in [-0.4, -0.2) is 15.6 Å². The molecule has 0 fully saturated rings. The van der Waals surface area contributed by atoms with Gasteiger partial charge in [0.05, 0.1) is 4.92 Å². The van der Waals surface area contributed by atoms with Crippen LogP contribution in [0.2, 0.25) is 0 Å². The SMILES string of the molecule is Cc1ccc(C(=O)C=CN2C=CC(=Cc3ccc([N+](=O)[O-])cc3)C=C2)c(C)c1. The Morgan fingerprint density at radius 1 is 1.04 bits per heavy atom. The minimum atomic E-state index is -0.416. The van der Waals surface area contributed by atoms with Crippen LogP contribution in [0.15, 0.2) is 84.9 Å². The van der Waals surface area contributed by atoms with E-state index in [9.17, 15) is 14.9 Å². The van der Waals surface area contributed by atoms with Gasteiger partial charge in [0.15, 0.2) is 5.78 Å². The minimum Gasteiger partial charge on any atom is -0.330 e. The zero-order chi connectivity index (χ0) is 20.1. The molecule has 0 aromatic heterocycles. The van der Waals surface area contributed by atoms with Crippen LogP contribution in [0.25, 0.3) is 6.08 Å². The molecule has 5 nitrogen and oxygen atoms in total. The number of hydrogen-bond acceptors (Lipinski definition) is 4. The van der Waals surface area contributed by atoms with Gasteiger partial charge in [-0.25, -0.2) is 0 Å². The van der Waals surface area contributed by atoms with Gasteiger partial charge in [-0.3, -0.25) is 14.9 Å². The number of allylic oxidation sites excluding steroid dienone is 4. The highest BCUT2D eigenvalue weighted by molar-refractivity contribution is 6.05. The van der Waals surface area contributed by atoms with Crippen LogP contribution >= 0.6 is 0 Å². The second kappa shape index (κ2) is 8.31. The highest BCUT2D eigenvalue weighted by Gasteiger charge is 2.07. The van der Waals surface area contributed by atoms with E-state index in [1.54, 1.807) is 29.3 Å². The van der Waals surface area contributed by atoms with Crippen LogP contribution in [0.3, 0.4) is 0 Å². The van der Waals surface area contributed by atoms with Gasteiger partial charge in [0.25, 0.3) is 5.69 Å². The number of aryl methyl sites for hydroxylation is 2. The lowest BCUT2D eigenvalue weighted by atomic mass is 10.0. The van der Waals surface area contributed by atoms with Crippen LogP contribution < -0.4 is 0 Å². The highest BCUT2D eigenvalue weighted by atomic mass is 16.6. The van der Waals surface area contributed by atoms with E-state index in [4.69, 9.17) is 0 Å². The van der Waals surface area contributed by atoms with E-state index in [2.05, 4.69) is 0 Å². The average Bonchev–Trinajstić information content (AvgIpc) is 2.67. The Kier molecular flexibility index (Phi) is 5.65. The van der Waals surface area contributed by atoms with E-state index in [0.29, 0.717) is 5.56 Å². The van der Waals surface area contributed by atoms with Gasteiger partial charge in [-0.05, 0) is 60.9 Å². The molecule has 1 aliphatic rings. The lowest BCUT2D eigenvalue weighted by molar-refractivity contribution is -0.384. The number of non-ortho nitro benzene ring substituents is 1. The van der Waals surface area contributed by atoms with Crippen molar-refractivity contribution in [3.8, 4) is 0 Å². The molecule has 0 saturated carbocycles. The topological polar surface area (TPSA) is 63.5 Å². The summed E-state index contributed by atoms with van der Waals surface area (Å²) in [4.78, 5) is 24.5. The van der Waals surface area contributed by atoms with Crippen LogP contribution in [0.1, 0.15) is 27.0 Å². The number of nitro benzene ring substituents is 1. The van der Waals surface area contributed by atoms with Crippen molar-refractivity contribution in [2.45, 2.75) is 13.8 Å². The summed E-state index contributed by atoms with van der Waals surface area (Å²) in [6.07, 6.45) is 12.7. The molecule has 0 aliphatic carbocycles. The molecule has 5 heteroatoms. The van der Waals surface area contributed by atoms with Crippen molar-refractivity contribution in [2.75, 3.05) is 0 Å². The standard InChI is InChI=1S/C23H20N2O3/c1-17-3-8-22(18(2)15-17)23(26)11-14-24-12-9-20(10-13-24)16-19-4-6-21(7-5-19)25(27)28/h3-16H,1-2H3. The van der Waals surface area contributed by atoms with E-state index in [1.807, 2.05) is 62.7 Å². The van der Waals surface area contributed by atoms with E-state index in [0.717, 1.165) is 22.3 Å². The number of carbonyl (C=O) groups excluding carboxylic acids is 1. The minimum absolute atomic E-state index is 0.0356. The summed E-state index contributed by atoms with van der Waals surface area (Å²) in [7, 11) is 0. The first-order valence-corrected chi connectivity index (χ1v) is 8.82. The molecule has 0 spiro atoms. The average molecular weight is 372 g/mol. The van der Waals surface area contributed by atoms with Crippen molar-refractivity contribution < 1.29 is 9.72 Å². The van der Waals surface area contributed by atoms with E-state index >= 15 is 0 Å². The van der Waals surface area contributed by atoms with Crippen molar-refractivity contribution in [2.24, 2.45) is 0 Å². The highest BCUT2D eigenvalue weighted by Crippen LogP contribution is 2.18. The van der Waals surface area contributed by atoms with Gasteiger partial charge in [0, 0.05) is 42.4 Å². The van der Waals surface area contributed by atoms with Gasteiger partial charge in [-0.1, -0.05) is 23.8 Å². The third-order valence-electron chi connectivity index (χ3n) is 4.36. The Labute approximate surface area is 163 Å². The summed E-state index contributed by atoms with van der Waals surface area (Å²) in [5.74, 6) is -0.0356. The summed E-state index contributed by atoms with van der Waals surface area (Å²) >= 11 is 0. The van der Waals surface area contributed by atoms with Crippen LogP contribution in [0.4, 0.5) is 5.69 Å². The largest absolute Gasteiger partial charge is 0.330 e. The van der Waals surface area contributed by atoms with Gasteiger partial charge in [-0.15, -0.1) is 0 Å². The number of nitrogens with zero attached hydrogens (tertiary/aromatic N) is 2. The van der Waals surface area contributed by atoms with Gasteiger partial charge in [0.2, 0.25) is 0 Å². The molecule has 0 saturated heterocycles. The molecule has 28 heavy (non-hydrogen) atoms. The summed E-state index contributed by atoms with van der Waals surface area (Å²) in [6.45, 7) is 3.94. The molecular weight excluding hydrogens is 352 g/mol. The normalized spacial score (nSPS) is 13.2. The smallest absolute Gasteiger partial charge is 0.269 e. The number of hydrogen-bond donors (Lipinski definition) is 0. The molecule has 0 N–H and O–H groups in total. The molecular formula is C23H20N2O3. The molecule has 0 amide bonds. The molecule has 1 heterocycles. The van der Waals surface area contributed by atoms with Crippen LogP contribution in [0.5, 0.6) is 0 Å². The van der Waals surface area contributed by atoms with Crippen LogP contribution in [-0.2, 0) is 0 Å². The fraction of sp³-hybridized carbons (Fsp3) is 0.0870. The summed E-state index contributed by atoms with van der Waals surface area (Å²) < 4.78 is 0. The zero-order valence-corrected chi connectivity index (χ0v) is 15.7. The Balaban J connectivity index is 1.65. The van der Waals surface area contributed by atoms with Crippen molar-refractivity contribution in [1.29, 1.82) is 0 Å². The molecule has 0 unspecified atom stereocenters. The molecule has 2 aromatic carbocycles. The monoisotopic (exact) mass is 372 g/mol. The van der Waals surface area contributed by atoms with Gasteiger partial charge >= 0.3 is 0 Å². The number of nitro groups is 1. The maximum absolute atomic E-state index is 12.4. The zero-order valence-electron chi connectivity index (χ0n) is 15.7. The quantitative estimate of drug-likeness (QED) is 0.308. The van der Waals surface area contributed by atoms with Crippen molar-refractivity contribution in [1.82, 2.24) is 4.90 Å². The van der Waals surface area contributed by atoms with Crippen molar-refractivity contribution in [3.05, 3.63) is 117 Å². The molecule has 0 atom stereocenters. The van der Waals surface area contributed by atoms with E-state index < -0.39 is 4.92 Å². The Morgan fingerprint density at radius 2 is 1.71 bits per heavy atom. The molecule has 3 rings (SSSR count). The number of benzene rings is 2. The molecule has 2 aromatic rings. The lowest BCUT2D eigenvalue weighted by Gasteiger charge is -2.14. The Morgan fingerprint density at radius 3 is 2.32 bits per heavy atom. The fourth-order valence-electron chi connectivity index (χ4n) is 2.86. The Hall–Kier alpha value is -3.73. The first-order valence-electron chi connectivity index (χ1n) is 8.82. The first kappa shape index (κ1) is 19.0. The maximum Gasteiger partial charge on any atom is 0.269 e. The first-order chi connectivity index (χ1) is 13.4. The third-order valence-corrected chi connectivity index (χ3v) is 4.36. The van der Waals surface area contributed by atoms with Gasteiger partial charge < -0.3 is 4.90 Å². The van der Waals surface area contributed by atoms with Crippen molar-refractivity contribution >= 4 is 17.5 Å². The van der Waals surface area contributed by atoms with Crippen molar-refractivity contribution in [3.63, 3.8) is 0 Å². The van der Waals surface area contributed by atoms with E-state index in [1.165, 1.54) is 12.1 Å². The number of carbonyl (C=O) groups is 1. The second-order valence-corrected chi connectivity index (χ2v) is 6.57. The Bertz CT molecular complexity index is 1010. The van der Waals surface area contributed by atoms with Gasteiger partial charge in [-0.2, -0.15) is 0 Å². The third kappa shape index (κ3) is 4.71. The summed E-state index contributed by atoms with van der Waals surface area (Å²) in [6, 6.07) is 12.2. The fourth-order valence-corrected chi connectivity index (χ4v) is 2.86. The molecule has 140 valence electrons. The lowest BCUT2D eigenvalue weighted by Crippen LogP contribution is -2.05. The predicted octanol–water partition coefficient (Wildman–Crippen LogP) is 5.33. The molecule has 0 bridgehead atoms. The van der Waals surface area contributed by atoms with Gasteiger partial charge in [0.1, 0.15) is 0 Å². The predicted molar refractivity (Wildman–Crippen MR) is 111 cm³/mol. The molecule has 1 aliphatic heterocycles. The molecule has 0 radical (unpaired) electrons. The van der Waals surface area contributed by atoms with E-state index in [-0.39, 0.29) is 11.5 Å². The summed E-state index contributed by atoms with van der Waals surface area (Å²) in [5.41, 5.74) is 4.70. The summed E-state index contributed by atoms with van der Waals surface area (Å²) in [5, 5.41) is 10.7. The maximum atomic E-state index is 12.4. The second-order valence-electron chi connectivity index (χ2n) is 6.57.